The summed E-state index contributed by atoms with van der Waals surface area (Å²) in [5, 5.41) is 10.4. The van der Waals surface area contributed by atoms with Gasteiger partial charge >= 0.3 is 5.97 Å². The molecule has 126 valence electrons. The second-order valence-electron chi connectivity index (χ2n) is 5.37. The average Bonchev–Trinajstić information content (AvgIpc) is 2.85. The molecule has 3 rings (SSSR count). The standard InChI is InChI=1S/C18H18N2O3.ClH/c1-20-16-5-3-2-4-14(16)15(17(20)18(21)22)12-23-11-8-13-6-9-19-10-7-13;/h2-7,9-10H,8,11-12H2,1H3,(H,21,22);1H. The van der Waals surface area contributed by atoms with Crippen molar-refractivity contribution in [2.45, 2.75) is 13.0 Å². The average molecular weight is 347 g/mol. The maximum atomic E-state index is 11.6. The number of benzene rings is 1. The zero-order valence-electron chi connectivity index (χ0n) is 13.3. The van der Waals surface area contributed by atoms with Crippen molar-refractivity contribution in [3.05, 3.63) is 65.6 Å². The van der Waals surface area contributed by atoms with Crippen molar-refractivity contribution >= 4 is 29.3 Å². The van der Waals surface area contributed by atoms with E-state index in [4.69, 9.17) is 4.74 Å². The Labute approximate surface area is 146 Å². The minimum absolute atomic E-state index is 0. The van der Waals surface area contributed by atoms with Crippen LogP contribution in [0.25, 0.3) is 10.9 Å². The number of hydrogen-bond acceptors (Lipinski definition) is 3. The van der Waals surface area contributed by atoms with Crippen molar-refractivity contribution in [1.29, 1.82) is 0 Å². The first-order valence-electron chi connectivity index (χ1n) is 7.44. The molecule has 6 heteroatoms. The van der Waals surface area contributed by atoms with Gasteiger partial charge in [0.25, 0.3) is 0 Å². The number of ether oxygens (including phenoxy) is 1. The molecule has 0 aliphatic carbocycles. The third-order valence-corrected chi connectivity index (χ3v) is 3.95. The number of pyridine rings is 1. The first-order valence-corrected chi connectivity index (χ1v) is 7.44. The lowest BCUT2D eigenvalue weighted by atomic mass is 10.1. The molecule has 1 aromatic carbocycles. The van der Waals surface area contributed by atoms with E-state index in [0.29, 0.717) is 6.61 Å². The number of aromatic nitrogens is 2. The van der Waals surface area contributed by atoms with Crippen molar-refractivity contribution in [3.63, 3.8) is 0 Å². The molecule has 3 aromatic rings. The molecule has 0 spiro atoms. The summed E-state index contributed by atoms with van der Waals surface area (Å²) in [6.45, 7) is 0.820. The second-order valence-corrected chi connectivity index (χ2v) is 5.37. The summed E-state index contributed by atoms with van der Waals surface area (Å²) in [7, 11) is 1.77. The molecular formula is C18H19ClN2O3. The number of fused-ring (bicyclic) bond motifs is 1. The molecule has 0 unspecified atom stereocenters. The van der Waals surface area contributed by atoms with Crippen LogP contribution in [0.5, 0.6) is 0 Å². The van der Waals surface area contributed by atoms with E-state index in [1.54, 1.807) is 24.0 Å². The fraction of sp³-hybridized carbons (Fsp3) is 0.222. The Kier molecular flexibility index (Phi) is 5.95. The minimum Gasteiger partial charge on any atom is -0.477 e. The van der Waals surface area contributed by atoms with E-state index in [1.807, 2.05) is 36.4 Å². The van der Waals surface area contributed by atoms with Crippen LogP contribution < -0.4 is 0 Å². The Morgan fingerprint density at radius 3 is 2.62 bits per heavy atom. The van der Waals surface area contributed by atoms with Crippen molar-refractivity contribution in [2.24, 2.45) is 7.05 Å². The third kappa shape index (κ3) is 3.58. The van der Waals surface area contributed by atoms with Gasteiger partial charge in [-0.05, 0) is 30.2 Å². The SMILES string of the molecule is Cl.Cn1c(C(=O)O)c(COCCc2ccncc2)c2ccccc21. The molecule has 0 saturated heterocycles. The lowest BCUT2D eigenvalue weighted by Gasteiger charge is -2.06. The minimum atomic E-state index is -0.934. The second kappa shape index (κ2) is 7.95. The molecule has 5 nitrogen and oxygen atoms in total. The van der Waals surface area contributed by atoms with Crippen LogP contribution in [-0.2, 0) is 24.8 Å². The van der Waals surface area contributed by atoms with Gasteiger partial charge in [0.1, 0.15) is 5.69 Å². The number of rotatable bonds is 6. The van der Waals surface area contributed by atoms with Crippen LogP contribution in [0.15, 0.2) is 48.8 Å². The highest BCUT2D eigenvalue weighted by Gasteiger charge is 2.20. The van der Waals surface area contributed by atoms with Crippen LogP contribution in [0.4, 0.5) is 0 Å². The van der Waals surface area contributed by atoms with Gasteiger partial charge in [0.05, 0.1) is 13.2 Å². The number of aryl methyl sites for hydroxylation is 1. The number of para-hydroxylation sites is 1. The van der Waals surface area contributed by atoms with Gasteiger partial charge < -0.3 is 14.4 Å². The molecule has 0 fully saturated rings. The fourth-order valence-electron chi connectivity index (χ4n) is 2.80. The monoisotopic (exact) mass is 346 g/mol. The van der Waals surface area contributed by atoms with Crippen LogP contribution in [0.1, 0.15) is 21.6 Å². The zero-order valence-corrected chi connectivity index (χ0v) is 14.1. The van der Waals surface area contributed by atoms with Gasteiger partial charge in [-0.15, -0.1) is 12.4 Å². The zero-order chi connectivity index (χ0) is 16.2. The molecule has 0 atom stereocenters. The number of carboxylic acids is 1. The van der Waals surface area contributed by atoms with Crippen molar-refractivity contribution in [3.8, 4) is 0 Å². The molecule has 24 heavy (non-hydrogen) atoms. The predicted molar refractivity (Wildman–Crippen MR) is 94.7 cm³/mol. The Hall–Kier alpha value is -2.37. The van der Waals surface area contributed by atoms with E-state index in [1.165, 1.54) is 0 Å². The number of carboxylic acid groups (broad SMARTS) is 1. The summed E-state index contributed by atoms with van der Waals surface area (Å²) in [6.07, 6.45) is 4.28. The third-order valence-electron chi connectivity index (χ3n) is 3.95. The highest BCUT2D eigenvalue weighted by molar-refractivity contribution is 5.98. The molecule has 2 heterocycles. The van der Waals surface area contributed by atoms with Gasteiger partial charge in [-0.25, -0.2) is 4.79 Å². The summed E-state index contributed by atoms with van der Waals surface area (Å²) in [6, 6.07) is 11.6. The Balaban J connectivity index is 0.00000208. The van der Waals surface area contributed by atoms with E-state index >= 15 is 0 Å². The van der Waals surface area contributed by atoms with Crippen LogP contribution in [0, 0.1) is 0 Å². The van der Waals surface area contributed by atoms with Gasteiger partial charge in [0.2, 0.25) is 0 Å². The number of aromatic carboxylic acids is 1. The van der Waals surface area contributed by atoms with Gasteiger partial charge in [-0.3, -0.25) is 4.98 Å². The normalized spacial score (nSPS) is 10.5. The van der Waals surface area contributed by atoms with E-state index in [0.717, 1.165) is 28.5 Å². The first kappa shape index (κ1) is 18.0. The molecule has 0 saturated carbocycles. The van der Waals surface area contributed by atoms with Crippen LogP contribution in [0.2, 0.25) is 0 Å². The van der Waals surface area contributed by atoms with Crippen LogP contribution >= 0.6 is 12.4 Å². The van der Waals surface area contributed by atoms with Gasteiger partial charge in [-0.2, -0.15) is 0 Å². The van der Waals surface area contributed by atoms with Crippen molar-refractivity contribution < 1.29 is 14.6 Å². The van der Waals surface area contributed by atoms with E-state index in [-0.39, 0.29) is 24.7 Å². The van der Waals surface area contributed by atoms with E-state index in [2.05, 4.69) is 4.98 Å². The number of hydrogen-bond donors (Lipinski definition) is 1. The number of carbonyl (C=O) groups is 1. The van der Waals surface area contributed by atoms with E-state index in [9.17, 15) is 9.90 Å². The Morgan fingerprint density at radius 2 is 1.92 bits per heavy atom. The maximum Gasteiger partial charge on any atom is 0.352 e. The molecule has 0 aliphatic heterocycles. The smallest absolute Gasteiger partial charge is 0.352 e. The molecular weight excluding hydrogens is 328 g/mol. The highest BCUT2D eigenvalue weighted by Crippen LogP contribution is 2.26. The van der Waals surface area contributed by atoms with Crippen LogP contribution in [0.3, 0.4) is 0 Å². The Bertz CT molecular complexity index is 831. The lowest BCUT2D eigenvalue weighted by molar-refractivity contribution is 0.0677. The molecule has 0 aliphatic rings. The summed E-state index contributed by atoms with van der Waals surface area (Å²) in [5.41, 5.74) is 3.06. The highest BCUT2D eigenvalue weighted by atomic mass is 35.5. The summed E-state index contributed by atoms with van der Waals surface area (Å²) in [4.78, 5) is 15.6. The molecule has 0 amide bonds. The van der Waals surface area contributed by atoms with Crippen molar-refractivity contribution in [2.75, 3.05) is 6.61 Å². The van der Waals surface area contributed by atoms with Crippen LogP contribution in [-0.4, -0.2) is 27.2 Å². The largest absolute Gasteiger partial charge is 0.477 e. The lowest BCUT2D eigenvalue weighted by Crippen LogP contribution is -2.09. The molecule has 1 N–H and O–H groups in total. The van der Waals surface area contributed by atoms with E-state index < -0.39 is 5.97 Å². The predicted octanol–water partition coefficient (Wildman–Crippen LogP) is 3.45. The summed E-state index contributed by atoms with van der Waals surface area (Å²) < 4.78 is 7.45. The molecule has 0 bridgehead atoms. The molecule has 2 aromatic heterocycles. The topological polar surface area (TPSA) is 64.4 Å². The summed E-state index contributed by atoms with van der Waals surface area (Å²) in [5.74, 6) is -0.934. The van der Waals surface area contributed by atoms with Gasteiger partial charge in [-0.1, -0.05) is 18.2 Å². The van der Waals surface area contributed by atoms with Crippen molar-refractivity contribution in [1.82, 2.24) is 9.55 Å². The molecule has 0 radical (unpaired) electrons. The first-order chi connectivity index (χ1) is 11.2. The Morgan fingerprint density at radius 1 is 1.21 bits per heavy atom. The maximum absolute atomic E-state index is 11.6. The van der Waals surface area contributed by atoms with Gasteiger partial charge in [0.15, 0.2) is 0 Å². The number of halogens is 1. The number of nitrogens with zero attached hydrogens (tertiary/aromatic N) is 2. The summed E-state index contributed by atoms with van der Waals surface area (Å²) >= 11 is 0. The fourth-order valence-corrected chi connectivity index (χ4v) is 2.80. The van der Waals surface area contributed by atoms with Gasteiger partial charge in [0, 0.05) is 35.9 Å². The quantitative estimate of drug-likeness (QED) is 0.694.